The van der Waals surface area contributed by atoms with E-state index in [4.69, 9.17) is 10.2 Å². The molecule has 0 aromatic heterocycles. The Morgan fingerprint density at radius 2 is 2.11 bits per heavy atom. The first-order valence-corrected chi connectivity index (χ1v) is 6.99. The molecule has 1 aliphatic heterocycles. The van der Waals surface area contributed by atoms with E-state index in [0.717, 1.165) is 32.5 Å². The molecule has 0 amide bonds. The third kappa shape index (κ3) is 4.23. The third-order valence-corrected chi connectivity index (χ3v) is 3.86. The van der Waals surface area contributed by atoms with Gasteiger partial charge in [-0.05, 0) is 38.1 Å². The van der Waals surface area contributed by atoms with Crippen LogP contribution in [0.2, 0.25) is 0 Å². The van der Waals surface area contributed by atoms with Crippen LogP contribution in [0.5, 0.6) is 0 Å². The largest absolute Gasteiger partial charge is 0.481 e. The van der Waals surface area contributed by atoms with Gasteiger partial charge in [0.1, 0.15) is 0 Å². The standard InChI is InChI=1S/C13H24N2O3/c16-5-1-4-14-11-6-10(7-13(17)18)8-15(9-11)12-2-3-12/h10-12,14,16H,1-9H2,(H,17,18). The van der Waals surface area contributed by atoms with Crippen molar-refractivity contribution in [3.63, 3.8) is 0 Å². The van der Waals surface area contributed by atoms with Gasteiger partial charge in [0.2, 0.25) is 0 Å². The molecule has 2 unspecified atom stereocenters. The molecule has 1 aliphatic carbocycles. The van der Waals surface area contributed by atoms with E-state index in [9.17, 15) is 4.79 Å². The summed E-state index contributed by atoms with van der Waals surface area (Å²) in [5.74, 6) is -0.421. The van der Waals surface area contributed by atoms with E-state index in [1.54, 1.807) is 0 Å². The van der Waals surface area contributed by atoms with Crippen LogP contribution in [0.15, 0.2) is 0 Å². The molecule has 1 heterocycles. The molecule has 104 valence electrons. The summed E-state index contributed by atoms with van der Waals surface area (Å²) in [6.07, 6.45) is 4.53. The number of nitrogens with zero attached hydrogens (tertiary/aromatic N) is 1. The molecule has 0 bridgehead atoms. The van der Waals surface area contributed by atoms with Gasteiger partial charge in [-0.3, -0.25) is 9.69 Å². The molecule has 0 radical (unpaired) electrons. The molecule has 0 aromatic rings. The molecular weight excluding hydrogens is 232 g/mol. The number of aliphatic hydroxyl groups excluding tert-OH is 1. The highest BCUT2D eigenvalue weighted by molar-refractivity contribution is 5.67. The second kappa shape index (κ2) is 6.50. The number of aliphatic hydroxyl groups is 1. The number of hydrogen-bond donors (Lipinski definition) is 3. The summed E-state index contributed by atoms with van der Waals surface area (Å²) < 4.78 is 0. The first-order valence-electron chi connectivity index (χ1n) is 6.99. The second-order valence-corrected chi connectivity index (χ2v) is 5.61. The van der Waals surface area contributed by atoms with Gasteiger partial charge < -0.3 is 15.5 Å². The number of aliphatic carboxylic acids is 1. The van der Waals surface area contributed by atoms with Crippen LogP contribution >= 0.6 is 0 Å². The number of nitrogens with one attached hydrogen (secondary N) is 1. The minimum absolute atomic E-state index is 0.213. The number of likely N-dealkylation sites (tertiary alicyclic amines) is 1. The Labute approximate surface area is 108 Å². The van der Waals surface area contributed by atoms with Crippen LogP contribution in [0.4, 0.5) is 0 Å². The van der Waals surface area contributed by atoms with E-state index in [1.807, 2.05) is 0 Å². The van der Waals surface area contributed by atoms with Gasteiger partial charge in [0, 0.05) is 38.2 Å². The summed E-state index contributed by atoms with van der Waals surface area (Å²) in [4.78, 5) is 13.3. The normalized spacial score (nSPS) is 29.4. The van der Waals surface area contributed by atoms with Gasteiger partial charge in [0.25, 0.3) is 0 Å². The van der Waals surface area contributed by atoms with Crippen LogP contribution in [-0.4, -0.2) is 59.4 Å². The van der Waals surface area contributed by atoms with Gasteiger partial charge in [0.15, 0.2) is 0 Å². The Bertz CT molecular complexity index is 281. The van der Waals surface area contributed by atoms with Crippen molar-refractivity contribution in [3.8, 4) is 0 Å². The quantitative estimate of drug-likeness (QED) is 0.571. The molecule has 2 aliphatic rings. The van der Waals surface area contributed by atoms with Crippen LogP contribution in [0.25, 0.3) is 0 Å². The van der Waals surface area contributed by atoms with Crippen molar-refractivity contribution in [2.24, 2.45) is 5.92 Å². The number of carboxylic acids is 1. The smallest absolute Gasteiger partial charge is 0.303 e. The molecule has 1 saturated carbocycles. The van der Waals surface area contributed by atoms with E-state index in [1.165, 1.54) is 12.8 Å². The summed E-state index contributed by atoms with van der Waals surface area (Å²) in [5, 5.41) is 21.2. The summed E-state index contributed by atoms with van der Waals surface area (Å²) in [6, 6.07) is 1.08. The minimum atomic E-state index is -0.688. The Kier molecular flexibility index (Phi) is 4.97. The minimum Gasteiger partial charge on any atom is -0.481 e. The monoisotopic (exact) mass is 256 g/mol. The first-order chi connectivity index (χ1) is 8.69. The van der Waals surface area contributed by atoms with Crippen molar-refractivity contribution in [2.45, 2.75) is 44.2 Å². The fourth-order valence-electron chi connectivity index (χ4n) is 2.91. The lowest BCUT2D eigenvalue weighted by Crippen LogP contribution is -2.50. The molecule has 18 heavy (non-hydrogen) atoms. The van der Waals surface area contributed by atoms with E-state index >= 15 is 0 Å². The molecule has 2 atom stereocenters. The fraction of sp³-hybridized carbons (Fsp3) is 0.923. The molecule has 0 aromatic carbocycles. The topological polar surface area (TPSA) is 72.8 Å². The molecule has 2 fully saturated rings. The average molecular weight is 256 g/mol. The lowest BCUT2D eigenvalue weighted by molar-refractivity contribution is -0.138. The molecular formula is C13H24N2O3. The van der Waals surface area contributed by atoms with Crippen LogP contribution in [0, 0.1) is 5.92 Å². The fourth-order valence-corrected chi connectivity index (χ4v) is 2.91. The Morgan fingerprint density at radius 1 is 1.33 bits per heavy atom. The summed E-state index contributed by atoms with van der Waals surface area (Å²) in [6.45, 7) is 3.01. The van der Waals surface area contributed by atoms with Crippen molar-refractivity contribution >= 4 is 5.97 Å². The first kappa shape index (κ1) is 13.8. The molecule has 0 spiro atoms. The van der Waals surface area contributed by atoms with E-state index in [-0.39, 0.29) is 18.9 Å². The van der Waals surface area contributed by atoms with Gasteiger partial charge in [-0.1, -0.05) is 0 Å². The van der Waals surface area contributed by atoms with Crippen LogP contribution < -0.4 is 5.32 Å². The highest BCUT2D eigenvalue weighted by atomic mass is 16.4. The Hall–Kier alpha value is -0.650. The van der Waals surface area contributed by atoms with Gasteiger partial charge in [-0.25, -0.2) is 0 Å². The maximum absolute atomic E-state index is 10.9. The lowest BCUT2D eigenvalue weighted by atomic mass is 9.91. The molecule has 5 nitrogen and oxygen atoms in total. The number of carboxylic acid groups (broad SMARTS) is 1. The van der Waals surface area contributed by atoms with Gasteiger partial charge >= 0.3 is 5.97 Å². The summed E-state index contributed by atoms with van der Waals surface area (Å²) >= 11 is 0. The molecule has 5 heteroatoms. The van der Waals surface area contributed by atoms with Crippen molar-refractivity contribution in [1.29, 1.82) is 0 Å². The number of piperidine rings is 1. The summed E-state index contributed by atoms with van der Waals surface area (Å²) in [5.41, 5.74) is 0. The number of hydrogen-bond acceptors (Lipinski definition) is 4. The zero-order valence-electron chi connectivity index (χ0n) is 10.8. The molecule has 3 N–H and O–H groups in total. The van der Waals surface area contributed by atoms with Crippen LogP contribution in [0.1, 0.15) is 32.1 Å². The van der Waals surface area contributed by atoms with Gasteiger partial charge in [0.05, 0.1) is 0 Å². The summed E-state index contributed by atoms with van der Waals surface area (Å²) in [7, 11) is 0. The maximum Gasteiger partial charge on any atom is 0.303 e. The van der Waals surface area contributed by atoms with Gasteiger partial charge in [-0.2, -0.15) is 0 Å². The predicted octanol–water partition coefficient (Wildman–Crippen LogP) is 0.286. The highest BCUT2D eigenvalue weighted by Crippen LogP contribution is 2.32. The van der Waals surface area contributed by atoms with Crippen molar-refractivity contribution in [1.82, 2.24) is 10.2 Å². The van der Waals surface area contributed by atoms with Gasteiger partial charge in [-0.15, -0.1) is 0 Å². The number of rotatable bonds is 7. The Balaban J connectivity index is 1.82. The van der Waals surface area contributed by atoms with Crippen LogP contribution in [0.3, 0.4) is 0 Å². The SMILES string of the molecule is O=C(O)CC1CC(NCCCO)CN(C2CC2)C1. The zero-order valence-corrected chi connectivity index (χ0v) is 10.8. The molecule has 2 rings (SSSR count). The van der Waals surface area contributed by atoms with Crippen molar-refractivity contribution in [2.75, 3.05) is 26.2 Å². The highest BCUT2D eigenvalue weighted by Gasteiger charge is 2.36. The lowest BCUT2D eigenvalue weighted by Gasteiger charge is -2.38. The molecule has 1 saturated heterocycles. The van der Waals surface area contributed by atoms with E-state index in [0.29, 0.717) is 12.1 Å². The number of carbonyl (C=O) groups is 1. The average Bonchev–Trinajstić information content (AvgIpc) is 3.12. The third-order valence-electron chi connectivity index (χ3n) is 3.86. The second-order valence-electron chi connectivity index (χ2n) is 5.61. The Morgan fingerprint density at radius 3 is 2.72 bits per heavy atom. The predicted molar refractivity (Wildman–Crippen MR) is 68.4 cm³/mol. The maximum atomic E-state index is 10.9. The zero-order chi connectivity index (χ0) is 13.0. The van der Waals surface area contributed by atoms with Crippen molar-refractivity contribution < 1.29 is 15.0 Å². The van der Waals surface area contributed by atoms with Crippen LogP contribution in [-0.2, 0) is 4.79 Å². The van der Waals surface area contributed by atoms with E-state index < -0.39 is 5.97 Å². The van der Waals surface area contributed by atoms with Crippen molar-refractivity contribution in [3.05, 3.63) is 0 Å². The van der Waals surface area contributed by atoms with E-state index in [2.05, 4.69) is 10.2 Å².